The van der Waals surface area contributed by atoms with Crippen molar-refractivity contribution >= 4 is 5.91 Å². The fraction of sp³-hybridized carbons (Fsp3) is 0.873. The standard InChI is InChI=1S/C55H103NO8/c1-3-5-7-9-11-13-15-17-18-19-20-21-22-23-24-25-26-27-28-29-30-31-33-34-36-38-40-42-44-49(58)48(47-63-55-54(62)53(61)52(60)50(46-57)64-55)56-51(59)45-43-41-39-37-35-32-16-14-12-10-8-6-4-2/h14,16,34,36,42,44,48-50,52-55,57-58,60-62H,3-13,15,17-33,35,37-41,43,45-47H2,1-2H3,(H,56,59)/b16-14-,36-34+,44-42+. The molecule has 376 valence electrons. The van der Waals surface area contributed by atoms with Gasteiger partial charge >= 0.3 is 0 Å². The number of aliphatic hydroxyl groups is 5. The lowest BCUT2D eigenvalue weighted by Gasteiger charge is -2.40. The van der Waals surface area contributed by atoms with Crippen LogP contribution in [0.3, 0.4) is 0 Å². The maximum absolute atomic E-state index is 13.0. The smallest absolute Gasteiger partial charge is 0.220 e. The lowest BCUT2D eigenvalue weighted by Crippen LogP contribution is -2.60. The van der Waals surface area contributed by atoms with Gasteiger partial charge < -0.3 is 40.3 Å². The normalized spacial score (nSPS) is 20.3. The molecule has 0 aromatic rings. The summed E-state index contributed by atoms with van der Waals surface area (Å²) in [5.41, 5.74) is 0. The summed E-state index contributed by atoms with van der Waals surface area (Å²) in [5, 5.41) is 54.3. The predicted octanol–water partition coefficient (Wildman–Crippen LogP) is 12.8. The number of allylic oxidation sites excluding steroid dienone is 5. The number of unbranched alkanes of at least 4 members (excludes halogenated alkanes) is 32. The molecule has 1 aliphatic rings. The van der Waals surface area contributed by atoms with Crippen LogP contribution in [0, 0.1) is 0 Å². The molecule has 9 nitrogen and oxygen atoms in total. The molecule has 7 unspecified atom stereocenters. The maximum Gasteiger partial charge on any atom is 0.220 e. The topological polar surface area (TPSA) is 149 Å². The van der Waals surface area contributed by atoms with Crippen molar-refractivity contribution in [1.82, 2.24) is 5.32 Å². The summed E-state index contributed by atoms with van der Waals surface area (Å²) in [6, 6.07) is -0.825. The van der Waals surface area contributed by atoms with Gasteiger partial charge in [-0.15, -0.1) is 0 Å². The first kappa shape index (κ1) is 60.4. The minimum Gasteiger partial charge on any atom is -0.394 e. The third-order valence-corrected chi connectivity index (χ3v) is 12.9. The highest BCUT2D eigenvalue weighted by Gasteiger charge is 2.44. The Morgan fingerprint density at radius 1 is 0.516 bits per heavy atom. The summed E-state index contributed by atoms with van der Waals surface area (Å²) in [6.45, 7) is 3.75. The van der Waals surface area contributed by atoms with Crippen molar-refractivity contribution in [3.05, 3.63) is 36.5 Å². The van der Waals surface area contributed by atoms with E-state index in [1.54, 1.807) is 6.08 Å². The number of ether oxygens (including phenoxy) is 2. The number of amides is 1. The maximum atomic E-state index is 13.0. The van der Waals surface area contributed by atoms with E-state index < -0.39 is 49.5 Å². The Morgan fingerprint density at radius 3 is 1.33 bits per heavy atom. The van der Waals surface area contributed by atoms with E-state index in [9.17, 15) is 30.3 Å². The van der Waals surface area contributed by atoms with Crippen LogP contribution in [-0.2, 0) is 14.3 Å². The van der Waals surface area contributed by atoms with E-state index in [1.807, 2.05) is 6.08 Å². The van der Waals surface area contributed by atoms with Crippen molar-refractivity contribution < 1.29 is 39.8 Å². The van der Waals surface area contributed by atoms with Crippen molar-refractivity contribution in [3.8, 4) is 0 Å². The fourth-order valence-corrected chi connectivity index (χ4v) is 8.58. The van der Waals surface area contributed by atoms with Crippen molar-refractivity contribution in [2.75, 3.05) is 13.2 Å². The molecule has 1 heterocycles. The molecular weight excluding hydrogens is 803 g/mol. The summed E-state index contributed by atoms with van der Waals surface area (Å²) in [5.74, 6) is -0.195. The van der Waals surface area contributed by atoms with Gasteiger partial charge in [0.15, 0.2) is 6.29 Å². The van der Waals surface area contributed by atoms with Crippen molar-refractivity contribution in [2.45, 2.75) is 294 Å². The van der Waals surface area contributed by atoms with Crippen LogP contribution < -0.4 is 5.32 Å². The fourth-order valence-electron chi connectivity index (χ4n) is 8.58. The van der Waals surface area contributed by atoms with Gasteiger partial charge in [0, 0.05) is 6.42 Å². The average Bonchev–Trinajstić information content (AvgIpc) is 3.29. The molecule has 0 spiro atoms. The number of hydrogen-bond donors (Lipinski definition) is 6. The first-order valence-corrected chi connectivity index (χ1v) is 27.2. The molecule has 1 saturated heterocycles. The van der Waals surface area contributed by atoms with Gasteiger partial charge in [-0.25, -0.2) is 0 Å². The van der Waals surface area contributed by atoms with Crippen LogP contribution >= 0.6 is 0 Å². The van der Waals surface area contributed by atoms with Gasteiger partial charge in [0.2, 0.25) is 5.91 Å². The summed E-state index contributed by atoms with van der Waals surface area (Å²) >= 11 is 0. The van der Waals surface area contributed by atoms with Crippen molar-refractivity contribution in [3.63, 3.8) is 0 Å². The van der Waals surface area contributed by atoms with E-state index in [0.29, 0.717) is 6.42 Å². The quantitative estimate of drug-likeness (QED) is 0.0261. The van der Waals surface area contributed by atoms with E-state index in [1.165, 1.54) is 173 Å². The Hall–Kier alpha value is -1.59. The van der Waals surface area contributed by atoms with E-state index in [4.69, 9.17) is 9.47 Å². The van der Waals surface area contributed by atoms with Crippen molar-refractivity contribution in [2.24, 2.45) is 0 Å². The molecule has 7 atom stereocenters. The summed E-state index contributed by atoms with van der Waals surface area (Å²) in [6.07, 6.45) is 50.8. The van der Waals surface area contributed by atoms with Gasteiger partial charge in [0.1, 0.15) is 24.4 Å². The highest BCUT2D eigenvalue weighted by atomic mass is 16.7. The van der Waals surface area contributed by atoms with Crippen LogP contribution in [0.4, 0.5) is 0 Å². The molecule has 6 N–H and O–H groups in total. The van der Waals surface area contributed by atoms with Gasteiger partial charge in [-0.3, -0.25) is 4.79 Å². The first-order chi connectivity index (χ1) is 31.3. The summed E-state index contributed by atoms with van der Waals surface area (Å²) < 4.78 is 11.2. The Morgan fingerprint density at radius 2 is 0.891 bits per heavy atom. The average molecular weight is 906 g/mol. The molecule has 0 radical (unpaired) electrons. The predicted molar refractivity (Wildman–Crippen MR) is 267 cm³/mol. The van der Waals surface area contributed by atoms with Gasteiger partial charge in [0.25, 0.3) is 0 Å². The minimum absolute atomic E-state index is 0.195. The monoisotopic (exact) mass is 906 g/mol. The number of carbonyl (C=O) groups is 1. The lowest BCUT2D eigenvalue weighted by molar-refractivity contribution is -0.302. The number of aliphatic hydroxyl groups excluding tert-OH is 5. The molecule has 0 saturated carbocycles. The minimum atomic E-state index is -1.57. The first-order valence-electron chi connectivity index (χ1n) is 27.2. The highest BCUT2D eigenvalue weighted by Crippen LogP contribution is 2.23. The zero-order chi connectivity index (χ0) is 46.6. The lowest BCUT2D eigenvalue weighted by atomic mass is 9.99. The third-order valence-electron chi connectivity index (χ3n) is 12.9. The van der Waals surface area contributed by atoms with E-state index in [-0.39, 0.29) is 12.5 Å². The second-order valence-electron chi connectivity index (χ2n) is 19.0. The van der Waals surface area contributed by atoms with E-state index >= 15 is 0 Å². The third kappa shape index (κ3) is 34.7. The van der Waals surface area contributed by atoms with Crippen LogP contribution in [0.25, 0.3) is 0 Å². The molecule has 9 heteroatoms. The zero-order valence-electron chi connectivity index (χ0n) is 41.5. The Kier molecular flexibility index (Phi) is 42.7. The van der Waals surface area contributed by atoms with Crippen LogP contribution in [0.1, 0.15) is 251 Å². The molecule has 0 aromatic heterocycles. The second-order valence-corrected chi connectivity index (χ2v) is 19.0. The second kappa shape index (κ2) is 45.2. The largest absolute Gasteiger partial charge is 0.394 e. The number of carbonyl (C=O) groups excluding carboxylic acids is 1. The van der Waals surface area contributed by atoms with E-state index in [0.717, 1.165) is 57.8 Å². The Balaban J connectivity index is 2.23. The molecule has 1 rings (SSSR count). The number of hydrogen-bond acceptors (Lipinski definition) is 8. The molecule has 64 heavy (non-hydrogen) atoms. The van der Waals surface area contributed by atoms with E-state index in [2.05, 4.69) is 43.5 Å². The van der Waals surface area contributed by atoms with Gasteiger partial charge in [-0.05, 0) is 57.8 Å². The number of rotatable bonds is 46. The van der Waals surface area contributed by atoms with Gasteiger partial charge in [-0.2, -0.15) is 0 Å². The van der Waals surface area contributed by atoms with Gasteiger partial charge in [0.05, 0.1) is 25.4 Å². The highest BCUT2D eigenvalue weighted by molar-refractivity contribution is 5.76. The molecule has 1 aliphatic heterocycles. The van der Waals surface area contributed by atoms with Crippen molar-refractivity contribution in [1.29, 1.82) is 0 Å². The molecule has 0 aromatic carbocycles. The summed E-state index contributed by atoms with van der Waals surface area (Å²) in [7, 11) is 0. The molecular formula is C55H103NO8. The Bertz CT molecular complexity index is 1100. The van der Waals surface area contributed by atoms with Gasteiger partial charge in [-0.1, -0.05) is 224 Å². The zero-order valence-corrected chi connectivity index (χ0v) is 41.5. The SMILES string of the molecule is CCCCCC/C=C\CCCCCCCC(=O)NC(COC1OC(CO)C(O)C(O)C1O)C(O)/C=C/CC/C=C/CCCCCCCCCCCCCCCCCCCCCCCC. The molecule has 1 fully saturated rings. The molecule has 0 aliphatic carbocycles. The van der Waals surface area contributed by atoms with Crippen LogP contribution in [0.15, 0.2) is 36.5 Å². The van der Waals surface area contributed by atoms with Crippen LogP contribution in [0.2, 0.25) is 0 Å². The van der Waals surface area contributed by atoms with Crippen LogP contribution in [-0.4, -0.2) is 87.5 Å². The van der Waals surface area contributed by atoms with Crippen LogP contribution in [0.5, 0.6) is 0 Å². The molecule has 1 amide bonds. The summed E-state index contributed by atoms with van der Waals surface area (Å²) in [4.78, 5) is 13.0. The molecule has 0 bridgehead atoms. The number of nitrogens with one attached hydrogen (secondary N) is 1. The Labute approximate surface area is 393 Å².